The Hall–Kier alpha value is -2.21. The third-order valence-electron chi connectivity index (χ3n) is 4.53. The van der Waals surface area contributed by atoms with Crippen LogP contribution in [-0.2, 0) is 16.1 Å². The number of anilines is 1. The maximum absolute atomic E-state index is 11.8. The molecule has 2 heterocycles. The van der Waals surface area contributed by atoms with Gasteiger partial charge in [-0.2, -0.15) is 0 Å². The highest BCUT2D eigenvalue weighted by Gasteiger charge is 2.24. The summed E-state index contributed by atoms with van der Waals surface area (Å²) in [5, 5.41) is 2.33. The first-order valence-electron chi connectivity index (χ1n) is 8.03. The number of carbonyl (C=O) groups is 3. The number of nitrogens with one attached hydrogen (secondary N) is 1. The van der Waals surface area contributed by atoms with Crippen molar-refractivity contribution in [1.29, 1.82) is 0 Å². The van der Waals surface area contributed by atoms with E-state index in [0.717, 1.165) is 44.4 Å². The van der Waals surface area contributed by atoms with Crippen LogP contribution in [0, 0.1) is 5.92 Å². The third kappa shape index (κ3) is 3.76. The Morgan fingerprint density at radius 2 is 1.78 bits per heavy atom. The first-order chi connectivity index (χ1) is 11.2. The highest BCUT2D eigenvalue weighted by molar-refractivity contribution is 6.05. The predicted molar refractivity (Wildman–Crippen MR) is 86.0 cm³/mol. The zero-order valence-electron chi connectivity index (χ0n) is 13.0. The molecule has 0 bridgehead atoms. The van der Waals surface area contributed by atoms with Gasteiger partial charge in [0, 0.05) is 31.1 Å². The standard InChI is InChI=1S/C17H21N3O3/c21-12-14-5-8-19(9-6-14)11-13-1-3-15(4-2-13)20-10-7-16(22)18-17(20)23/h1-4,12,14H,5-11H2,(H,18,22,23). The maximum atomic E-state index is 11.8. The molecule has 0 aliphatic carbocycles. The van der Waals surface area contributed by atoms with E-state index in [1.165, 1.54) is 5.56 Å². The van der Waals surface area contributed by atoms with Gasteiger partial charge in [-0.1, -0.05) is 12.1 Å². The van der Waals surface area contributed by atoms with E-state index in [4.69, 9.17) is 0 Å². The Balaban J connectivity index is 1.58. The van der Waals surface area contributed by atoms with Gasteiger partial charge in [-0.3, -0.25) is 19.9 Å². The van der Waals surface area contributed by atoms with E-state index in [1.54, 1.807) is 4.90 Å². The summed E-state index contributed by atoms with van der Waals surface area (Å²) < 4.78 is 0. The van der Waals surface area contributed by atoms with Gasteiger partial charge in [0.1, 0.15) is 6.29 Å². The fourth-order valence-electron chi connectivity index (χ4n) is 3.10. The minimum atomic E-state index is -0.357. The van der Waals surface area contributed by atoms with Crippen LogP contribution in [0.5, 0.6) is 0 Å². The Morgan fingerprint density at radius 1 is 1.09 bits per heavy atom. The summed E-state index contributed by atoms with van der Waals surface area (Å²) in [5.41, 5.74) is 1.99. The first kappa shape index (κ1) is 15.7. The molecule has 3 rings (SSSR count). The Bertz CT molecular complexity index is 592. The Labute approximate surface area is 135 Å². The summed E-state index contributed by atoms with van der Waals surface area (Å²) in [4.78, 5) is 37.7. The van der Waals surface area contributed by atoms with Crippen molar-refractivity contribution in [2.75, 3.05) is 24.5 Å². The van der Waals surface area contributed by atoms with Gasteiger partial charge in [0.05, 0.1) is 0 Å². The number of benzene rings is 1. The number of urea groups is 1. The number of hydrogen-bond donors (Lipinski definition) is 1. The van der Waals surface area contributed by atoms with Crippen molar-refractivity contribution in [2.24, 2.45) is 5.92 Å². The molecule has 0 spiro atoms. The van der Waals surface area contributed by atoms with Crippen molar-refractivity contribution < 1.29 is 14.4 Å². The molecule has 6 nitrogen and oxygen atoms in total. The molecule has 1 N–H and O–H groups in total. The second-order valence-electron chi connectivity index (χ2n) is 6.17. The van der Waals surface area contributed by atoms with E-state index in [0.29, 0.717) is 13.0 Å². The Kier molecular flexibility index (Phi) is 4.71. The summed E-state index contributed by atoms with van der Waals surface area (Å²) in [6.45, 7) is 3.17. The average Bonchev–Trinajstić information content (AvgIpc) is 2.57. The van der Waals surface area contributed by atoms with E-state index in [1.807, 2.05) is 24.3 Å². The molecule has 0 unspecified atom stereocenters. The zero-order valence-corrected chi connectivity index (χ0v) is 13.0. The largest absolute Gasteiger partial charge is 0.328 e. The fourth-order valence-corrected chi connectivity index (χ4v) is 3.10. The number of imide groups is 1. The summed E-state index contributed by atoms with van der Waals surface area (Å²) >= 11 is 0. The van der Waals surface area contributed by atoms with Crippen LogP contribution in [0.4, 0.5) is 10.5 Å². The molecule has 2 saturated heterocycles. The van der Waals surface area contributed by atoms with E-state index in [-0.39, 0.29) is 17.9 Å². The van der Waals surface area contributed by atoms with E-state index >= 15 is 0 Å². The van der Waals surface area contributed by atoms with Crippen LogP contribution in [0.15, 0.2) is 24.3 Å². The maximum Gasteiger partial charge on any atom is 0.328 e. The van der Waals surface area contributed by atoms with Crippen LogP contribution in [0.2, 0.25) is 0 Å². The lowest BCUT2D eigenvalue weighted by Gasteiger charge is -2.30. The monoisotopic (exact) mass is 315 g/mol. The first-order valence-corrected chi connectivity index (χ1v) is 8.03. The topological polar surface area (TPSA) is 69.7 Å². The second kappa shape index (κ2) is 6.91. The fraction of sp³-hybridized carbons (Fsp3) is 0.471. The minimum absolute atomic E-state index is 0.217. The molecule has 1 aromatic rings. The van der Waals surface area contributed by atoms with Gasteiger partial charge in [0.25, 0.3) is 0 Å². The van der Waals surface area contributed by atoms with E-state index in [2.05, 4.69) is 10.2 Å². The lowest BCUT2D eigenvalue weighted by Crippen LogP contribution is -2.49. The van der Waals surface area contributed by atoms with Gasteiger partial charge in [-0.05, 0) is 43.6 Å². The van der Waals surface area contributed by atoms with Gasteiger partial charge in [0.15, 0.2) is 0 Å². The zero-order chi connectivity index (χ0) is 16.2. The van der Waals surface area contributed by atoms with Crippen LogP contribution in [0.25, 0.3) is 0 Å². The van der Waals surface area contributed by atoms with Crippen molar-refractivity contribution in [3.63, 3.8) is 0 Å². The summed E-state index contributed by atoms with van der Waals surface area (Å²) in [6.07, 6.45) is 3.27. The van der Waals surface area contributed by atoms with Crippen LogP contribution in [0.3, 0.4) is 0 Å². The molecule has 122 valence electrons. The van der Waals surface area contributed by atoms with Crippen molar-refractivity contribution in [1.82, 2.24) is 10.2 Å². The van der Waals surface area contributed by atoms with Gasteiger partial charge >= 0.3 is 6.03 Å². The molecule has 1 aromatic carbocycles. The minimum Gasteiger partial charge on any atom is -0.303 e. The Morgan fingerprint density at radius 3 is 2.39 bits per heavy atom. The predicted octanol–water partition coefficient (Wildman–Crippen LogP) is 1.54. The van der Waals surface area contributed by atoms with Crippen molar-refractivity contribution in [2.45, 2.75) is 25.8 Å². The normalized spacial score (nSPS) is 20.4. The number of amides is 3. The molecular weight excluding hydrogens is 294 g/mol. The van der Waals surface area contributed by atoms with E-state index in [9.17, 15) is 14.4 Å². The molecule has 0 aromatic heterocycles. The van der Waals surface area contributed by atoms with Crippen molar-refractivity contribution in [3.8, 4) is 0 Å². The van der Waals surface area contributed by atoms with Crippen molar-refractivity contribution >= 4 is 23.9 Å². The van der Waals surface area contributed by atoms with Crippen LogP contribution in [0.1, 0.15) is 24.8 Å². The number of hydrogen-bond acceptors (Lipinski definition) is 4. The average molecular weight is 315 g/mol. The van der Waals surface area contributed by atoms with Gasteiger partial charge in [-0.25, -0.2) is 4.79 Å². The summed E-state index contributed by atoms with van der Waals surface area (Å²) in [6, 6.07) is 7.52. The highest BCUT2D eigenvalue weighted by atomic mass is 16.2. The lowest BCUT2D eigenvalue weighted by atomic mass is 9.98. The lowest BCUT2D eigenvalue weighted by molar-refractivity contribution is -0.120. The van der Waals surface area contributed by atoms with Gasteiger partial charge in [0.2, 0.25) is 5.91 Å². The van der Waals surface area contributed by atoms with Gasteiger partial charge < -0.3 is 4.79 Å². The second-order valence-corrected chi connectivity index (χ2v) is 6.17. The number of piperidine rings is 1. The molecule has 23 heavy (non-hydrogen) atoms. The van der Waals surface area contributed by atoms with Crippen LogP contribution >= 0.6 is 0 Å². The quantitative estimate of drug-likeness (QED) is 0.856. The summed E-state index contributed by atoms with van der Waals surface area (Å²) in [7, 11) is 0. The molecule has 6 heteroatoms. The number of nitrogens with zero attached hydrogens (tertiary/aromatic N) is 2. The highest BCUT2D eigenvalue weighted by Crippen LogP contribution is 2.21. The molecule has 2 fully saturated rings. The number of likely N-dealkylation sites (tertiary alicyclic amines) is 1. The summed E-state index contributed by atoms with van der Waals surface area (Å²) in [5.74, 6) is -0.00412. The molecule has 0 saturated carbocycles. The smallest absolute Gasteiger partial charge is 0.303 e. The molecule has 0 atom stereocenters. The van der Waals surface area contributed by atoms with Crippen molar-refractivity contribution in [3.05, 3.63) is 29.8 Å². The number of rotatable bonds is 4. The molecule has 2 aliphatic rings. The molecule has 0 radical (unpaired) electrons. The number of carbonyl (C=O) groups excluding carboxylic acids is 3. The van der Waals surface area contributed by atoms with Crippen LogP contribution in [-0.4, -0.2) is 42.8 Å². The van der Waals surface area contributed by atoms with Crippen LogP contribution < -0.4 is 10.2 Å². The molecular formula is C17H21N3O3. The molecule has 3 amide bonds. The third-order valence-corrected chi connectivity index (χ3v) is 4.53. The van der Waals surface area contributed by atoms with E-state index < -0.39 is 0 Å². The SMILES string of the molecule is O=CC1CCN(Cc2ccc(N3CCC(=O)NC3=O)cc2)CC1. The number of aldehydes is 1. The molecule has 2 aliphatic heterocycles. The van der Waals surface area contributed by atoms with Gasteiger partial charge in [-0.15, -0.1) is 0 Å².